The largest absolute Gasteiger partial charge is 0.481 e. The lowest BCUT2D eigenvalue weighted by Gasteiger charge is -2.26. The second kappa shape index (κ2) is 4.45. The van der Waals surface area contributed by atoms with Crippen LogP contribution in [0.4, 0.5) is 0 Å². The molecule has 0 amide bonds. The molecule has 0 radical (unpaired) electrons. The van der Waals surface area contributed by atoms with Crippen molar-refractivity contribution in [1.82, 2.24) is 0 Å². The molecule has 1 saturated heterocycles. The summed E-state index contributed by atoms with van der Waals surface area (Å²) in [6.45, 7) is 3.40. The molecule has 1 N–H and O–H groups in total. The minimum atomic E-state index is -0.649. The van der Waals surface area contributed by atoms with Gasteiger partial charge in [-0.3, -0.25) is 4.79 Å². The third-order valence-electron chi connectivity index (χ3n) is 2.59. The van der Waals surface area contributed by atoms with Crippen LogP contribution in [0.15, 0.2) is 0 Å². The number of ether oxygens (including phenoxy) is 1. The average Bonchev–Trinajstić information content (AvgIpc) is 2.07. The first-order valence-electron chi connectivity index (χ1n) is 4.56. The molecule has 1 fully saturated rings. The van der Waals surface area contributed by atoms with Crippen LogP contribution in [0.5, 0.6) is 0 Å². The minimum Gasteiger partial charge on any atom is -0.481 e. The first-order valence-corrected chi connectivity index (χ1v) is 4.56. The van der Waals surface area contributed by atoms with Gasteiger partial charge < -0.3 is 9.84 Å². The zero-order valence-corrected chi connectivity index (χ0v) is 7.45. The molecule has 1 rings (SSSR count). The molecule has 70 valence electrons. The van der Waals surface area contributed by atoms with Gasteiger partial charge in [0.2, 0.25) is 0 Å². The molecule has 0 bridgehead atoms. The summed E-state index contributed by atoms with van der Waals surface area (Å²) >= 11 is 0. The molecule has 1 atom stereocenters. The molecule has 0 aliphatic carbocycles. The third-order valence-corrected chi connectivity index (χ3v) is 2.59. The van der Waals surface area contributed by atoms with Crippen molar-refractivity contribution in [3.8, 4) is 0 Å². The predicted molar refractivity (Wildman–Crippen MR) is 45.0 cm³/mol. The van der Waals surface area contributed by atoms with Crippen LogP contribution < -0.4 is 0 Å². The Balaban J connectivity index is 2.46. The van der Waals surface area contributed by atoms with Crippen molar-refractivity contribution in [2.45, 2.75) is 26.2 Å². The first kappa shape index (κ1) is 9.52. The Kier molecular flexibility index (Phi) is 3.53. The highest BCUT2D eigenvalue weighted by Crippen LogP contribution is 2.26. The molecule has 0 aromatic heterocycles. The lowest BCUT2D eigenvalue weighted by molar-refractivity contribution is -0.145. The standard InChI is InChI=1S/C9H16O3/c1-2-8(9(10)11)7-3-5-12-6-4-7/h7-8H,2-6H2,1H3,(H,10,11). The Morgan fingerprint density at radius 1 is 1.58 bits per heavy atom. The summed E-state index contributed by atoms with van der Waals surface area (Å²) < 4.78 is 5.18. The van der Waals surface area contributed by atoms with E-state index in [0.29, 0.717) is 5.92 Å². The highest BCUT2D eigenvalue weighted by molar-refractivity contribution is 5.70. The molecule has 1 aliphatic heterocycles. The summed E-state index contributed by atoms with van der Waals surface area (Å²) in [5.74, 6) is -0.473. The van der Waals surface area contributed by atoms with E-state index in [-0.39, 0.29) is 5.92 Å². The lowest BCUT2D eigenvalue weighted by Crippen LogP contribution is -2.28. The molecule has 3 heteroatoms. The summed E-state index contributed by atoms with van der Waals surface area (Å²) in [7, 11) is 0. The van der Waals surface area contributed by atoms with Gasteiger partial charge in [0.25, 0.3) is 0 Å². The molecule has 0 spiro atoms. The molecule has 1 unspecified atom stereocenters. The third kappa shape index (κ3) is 2.21. The van der Waals surface area contributed by atoms with E-state index in [1.165, 1.54) is 0 Å². The number of aliphatic carboxylic acids is 1. The van der Waals surface area contributed by atoms with Gasteiger partial charge in [-0.25, -0.2) is 0 Å². The smallest absolute Gasteiger partial charge is 0.306 e. The van der Waals surface area contributed by atoms with Crippen LogP contribution in [0, 0.1) is 11.8 Å². The maximum Gasteiger partial charge on any atom is 0.306 e. The Morgan fingerprint density at radius 2 is 2.17 bits per heavy atom. The summed E-state index contributed by atoms with van der Waals surface area (Å²) in [6, 6.07) is 0. The summed E-state index contributed by atoms with van der Waals surface area (Å²) in [5.41, 5.74) is 0. The lowest BCUT2D eigenvalue weighted by atomic mass is 9.84. The quantitative estimate of drug-likeness (QED) is 0.702. The number of rotatable bonds is 3. The van der Waals surface area contributed by atoms with E-state index in [0.717, 1.165) is 32.5 Å². The van der Waals surface area contributed by atoms with E-state index in [1.54, 1.807) is 0 Å². The fourth-order valence-corrected chi connectivity index (χ4v) is 1.83. The Hall–Kier alpha value is -0.570. The van der Waals surface area contributed by atoms with E-state index in [1.807, 2.05) is 6.92 Å². The molecule has 1 heterocycles. The number of carboxylic acid groups (broad SMARTS) is 1. The van der Waals surface area contributed by atoms with Gasteiger partial charge in [-0.1, -0.05) is 6.92 Å². The van der Waals surface area contributed by atoms with Gasteiger partial charge in [0.1, 0.15) is 0 Å². The molecular formula is C9H16O3. The molecular weight excluding hydrogens is 156 g/mol. The minimum absolute atomic E-state index is 0.158. The van der Waals surface area contributed by atoms with E-state index in [9.17, 15) is 4.79 Å². The van der Waals surface area contributed by atoms with Crippen LogP contribution in [0.2, 0.25) is 0 Å². The van der Waals surface area contributed by atoms with Crippen molar-refractivity contribution in [3.63, 3.8) is 0 Å². The highest BCUT2D eigenvalue weighted by Gasteiger charge is 2.27. The van der Waals surface area contributed by atoms with Crippen molar-refractivity contribution in [2.24, 2.45) is 11.8 Å². The highest BCUT2D eigenvalue weighted by atomic mass is 16.5. The van der Waals surface area contributed by atoms with Crippen molar-refractivity contribution < 1.29 is 14.6 Å². The monoisotopic (exact) mass is 172 g/mol. The Labute approximate surface area is 72.7 Å². The van der Waals surface area contributed by atoms with E-state index < -0.39 is 5.97 Å². The first-order chi connectivity index (χ1) is 5.75. The summed E-state index contributed by atoms with van der Waals surface area (Å²) in [5, 5.41) is 8.88. The topological polar surface area (TPSA) is 46.5 Å². The Bertz CT molecular complexity index is 150. The second-order valence-corrected chi connectivity index (χ2v) is 3.30. The van der Waals surface area contributed by atoms with Crippen LogP contribution in [-0.4, -0.2) is 24.3 Å². The van der Waals surface area contributed by atoms with Crippen molar-refractivity contribution in [1.29, 1.82) is 0 Å². The van der Waals surface area contributed by atoms with Gasteiger partial charge in [-0.15, -0.1) is 0 Å². The van der Waals surface area contributed by atoms with Crippen molar-refractivity contribution >= 4 is 5.97 Å². The van der Waals surface area contributed by atoms with Gasteiger partial charge in [0.05, 0.1) is 5.92 Å². The van der Waals surface area contributed by atoms with Gasteiger partial charge in [0, 0.05) is 13.2 Å². The number of carboxylic acids is 1. The van der Waals surface area contributed by atoms with Crippen LogP contribution in [0.3, 0.4) is 0 Å². The van der Waals surface area contributed by atoms with Gasteiger partial charge >= 0.3 is 5.97 Å². The van der Waals surface area contributed by atoms with Crippen LogP contribution in [0.1, 0.15) is 26.2 Å². The van der Waals surface area contributed by atoms with Crippen molar-refractivity contribution in [3.05, 3.63) is 0 Å². The molecule has 0 aromatic rings. The van der Waals surface area contributed by atoms with Crippen LogP contribution >= 0.6 is 0 Å². The van der Waals surface area contributed by atoms with Crippen molar-refractivity contribution in [2.75, 3.05) is 13.2 Å². The normalized spacial score (nSPS) is 22.1. The zero-order valence-electron chi connectivity index (χ0n) is 7.45. The fourth-order valence-electron chi connectivity index (χ4n) is 1.83. The molecule has 12 heavy (non-hydrogen) atoms. The molecule has 0 aromatic carbocycles. The van der Waals surface area contributed by atoms with Gasteiger partial charge in [-0.2, -0.15) is 0 Å². The maximum absolute atomic E-state index is 10.8. The molecule has 1 aliphatic rings. The Morgan fingerprint density at radius 3 is 2.58 bits per heavy atom. The zero-order chi connectivity index (χ0) is 8.97. The molecule has 3 nitrogen and oxygen atoms in total. The molecule has 0 saturated carbocycles. The summed E-state index contributed by atoms with van der Waals surface area (Å²) in [6.07, 6.45) is 2.55. The predicted octanol–water partition coefficient (Wildman–Crippen LogP) is 1.52. The number of hydrogen-bond acceptors (Lipinski definition) is 2. The van der Waals surface area contributed by atoms with Gasteiger partial charge in [-0.05, 0) is 25.2 Å². The number of carbonyl (C=O) groups is 1. The number of hydrogen-bond donors (Lipinski definition) is 1. The second-order valence-electron chi connectivity index (χ2n) is 3.30. The average molecular weight is 172 g/mol. The maximum atomic E-state index is 10.8. The van der Waals surface area contributed by atoms with Crippen LogP contribution in [-0.2, 0) is 9.53 Å². The van der Waals surface area contributed by atoms with E-state index >= 15 is 0 Å². The van der Waals surface area contributed by atoms with E-state index in [4.69, 9.17) is 9.84 Å². The fraction of sp³-hybridized carbons (Fsp3) is 0.889. The summed E-state index contributed by atoms with van der Waals surface area (Å²) in [4.78, 5) is 10.8. The van der Waals surface area contributed by atoms with E-state index in [2.05, 4.69) is 0 Å². The van der Waals surface area contributed by atoms with Crippen LogP contribution in [0.25, 0.3) is 0 Å². The SMILES string of the molecule is CCC(C(=O)O)C1CCOCC1. The van der Waals surface area contributed by atoms with Gasteiger partial charge in [0.15, 0.2) is 0 Å².